The van der Waals surface area contributed by atoms with Crippen molar-refractivity contribution in [2.75, 3.05) is 18.4 Å². The first-order valence-electron chi connectivity index (χ1n) is 7.04. The fraction of sp³-hybridized carbons (Fsp3) is 0.188. The van der Waals surface area contributed by atoms with Crippen LogP contribution in [0.3, 0.4) is 0 Å². The molecule has 0 aliphatic heterocycles. The molecule has 6 nitrogen and oxygen atoms in total. The number of hydrogen-bond donors (Lipinski definition) is 3. The highest BCUT2D eigenvalue weighted by atomic mass is 32.1. The highest BCUT2D eigenvalue weighted by Crippen LogP contribution is 2.14. The molecule has 0 aliphatic carbocycles. The topological polar surface area (TPSA) is 87.3 Å². The number of benzene rings is 1. The van der Waals surface area contributed by atoms with E-state index in [-0.39, 0.29) is 17.7 Å². The number of carbonyl (C=O) groups excluding carboxylic acids is 3. The average Bonchev–Trinajstić information content (AvgIpc) is 3.06. The fourth-order valence-corrected chi connectivity index (χ4v) is 2.44. The van der Waals surface area contributed by atoms with Crippen LogP contribution in [0.2, 0.25) is 0 Å². The van der Waals surface area contributed by atoms with Gasteiger partial charge >= 0.3 is 0 Å². The standard InChI is InChI=1S/C16H17N3O3S/c1-11(20)17-8-9-18-15(21)12-4-6-13(7-5-12)19-16(22)14-3-2-10-23-14/h2-7,10H,8-9H2,1H3,(H,17,20)(H,18,21)(H,19,22). The molecule has 1 aromatic heterocycles. The summed E-state index contributed by atoms with van der Waals surface area (Å²) in [6, 6.07) is 10.2. The maximum absolute atomic E-state index is 11.9. The molecule has 0 unspecified atom stereocenters. The third-order valence-electron chi connectivity index (χ3n) is 2.93. The van der Waals surface area contributed by atoms with Gasteiger partial charge in [-0.2, -0.15) is 0 Å². The van der Waals surface area contributed by atoms with E-state index in [2.05, 4.69) is 16.0 Å². The number of amides is 3. The molecule has 7 heteroatoms. The first-order valence-corrected chi connectivity index (χ1v) is 7.92. The summed E-state index contributed by atoms with van der Waals surface area (Å²) < 4.78 is 0. The van der Waals surface area contributed by atoms with E-state index >= 15 is 0 Å². The van der Waals surface area contributed by atoms with E-state index in [1.807, 2.05) is 11.4 Å². The van der Waals surface area contributed by atoms with Gasteiger partial charge in [-0.1, -0.05) is 6.07 Å². The molecule has 0 fully saturated rings. The molecule has 0 atom stereocenters. The minimum absolute atomic E-state index is 0.134. The molecular formula is C16H17N3O3S. The van der Waals surface area contributed by atoms with Crippen LogP contribution in [-0.4, -0.2) is 30.8 Å². The monoisotopic (exact) mass is 331 g/mol. The Balaban J connectivity index is 1.85. The molecule has 1 aromatic carbocycles. The third kappa shape index (κ3) is 5.23. The zero-order valence-electron chi connectivity index (χ0n) is 12.6. The summed E-state index contributed by atoms with van der Waals surface area (Å²) >= 11 is 1.37. The Morgan fingerprint density at radius 3 is 2.26 bits per heavy atom. The van der Waals surface area contributed by atoms with Crippen molar-refractivity contribution in [3.63, 3.8) is 0 Å². The second kappa shape index (κ2) is 8.09. The van der Waals surface area contributed by atoms with Gasteiger partial charge in [-0.15, -0.1) is 11.3 Å². The molecule has 0 radical (unpaired) electrons. The second-order valence-corrected chi connectivity index (χ2v) is 5.70. The lowest BCUT2D eigenvalue weighted by molar-refractivity contribution is -0.118. The van der Waals surface area contributed by atoms with Crippen LogP contribution in [0.15, 0.2) is 41.8 Å². The maximum atomic E-state index is 11.9. The van der Waals surface area contributed by atoms with E-state index in [1.165, 1.54) is 18.3 Å². The summed E-state index contributed by atoms with van der Waals surface area (Å²) in [7, 11) is 0. The summed E-state index contributed by atoms with van der Waals surface area (Å²) in [5.74, 6) is -0.538. The molecule has 0 saturated heterocycles. The van der Waals surface area contributed by atoms with E-state index in [9.17, 15) is 14.4 Å². The molecule has 3 amide bonds. The van der Waals surface area contributed by atoms with E-state index in [4.69, 9.17) is 0 Å². The number of rotatable bonds is 6. The third-order valence-corrected chi connectivity index (χ3v) is 3.80. The molecule has 23 heavy (non-hydrogen) atoms. The first kappa shape index (κ1) is 16.7. The van der Waals surface area contributed by atoms with Crippen molar-refractivity contribution in [1.29, 1.82) is 0 Å². The van der Waals surface area contributed by atoms with Crippen molar-refractivity contribution in [2.45, 2.75) is 6.92 Å². The zero-order chi connectivity index (χ0) is 16.7. The molecule has 0 spiro atoms. The molecule has 0 bridgehead atoms. The van der Waals surface area contributed by atoms with Crippen molar-refractivity contribution < 1.29 is 14.4 Å². The zero-order valence-corrected chi connectivity index (χ0v) is 13.4. The lowest BCUT2D eigenvalue weighted by Gasteiger charge is -2.07. The summed E-state index contributed by atoms with van der Waals surface area (Å²) in [5, 5.41) is 9.90. The minimum Gasteiger partial charge on any atom is -0.355 e. The molecular weight excluding hydrogens is 314 g/mol. The summed E-state index contributed by atoms with van der Waals surface area (Å²) in [6.45, 7) is 2.16. The Morgan fingerprint density at radius 1 is 0.957 bits per heavy atom. The van der Waals surface area contributed by atoms with Gasteiger partial charge in [0.25, 0.3) is 11.8 Å². The second-order valence-electron chi connectivity index (χ2n) is 4.75. The van der Waals surface area contributed by atoms with E-state index < -0.39 is 0 Å². The Labute approximate surface area is 137 Å². The van der Waals surface area contributed by atoms with Crippen LogP contribution in [0.25, 0.3) is 0 Å². The Hall–Kier alpha value is -2.67. The molecule has 0 aliphatic rings. The van der Waals surface area contributed by atoms with E-state index in [0.717, 1.165) is 0 Å². The molecule has 120 valence electrons. The van der Waals surface area contributed by atoms with Crippen molar-refractivity contribution in [3.8, 4) is 0 Å². The average molecular weight is 331 g/mol. The maximum Gasteiger partial charge on any atom is 0.265 e. The molecule has 2 rings (SSSR count). The van der Waals surface area contributed by atoms with Crippen LogP contribution in [0.5, 0.6) is 0 Å². The van der Waals surface area contributed by atoms with Gasteiger partial charge in [0.2, 0.25) is 5.91 Å². The Bertz CT molecular complexity index is 681. The number of thiophene rings is 1. The van der Waals surface area contributed by atoms with Crippen LogP contribution in [0.1, 0.15) is 27.0 Å². The van der Waals surface area contributed by atoms with Gasteiger partial charge in [0.1, 0.15) is 0 Å². The van der Waals surface area contributed by atoms with Crippen LogP contribution in [0.4, 0.5) is 5.69 Å². The van der Waals surface area contributed by atoms with Crippen LogP contribution >= 0.6 is 11.3 Å². The van der Waals surface area contributed by atoms with Crippen molar-refractivity contribution in [1.82, 2.24) is 10.6 Å². The first-order chi connectivity index (χ1) is 11.1. The van der Waals surface area contributed by atoms with E-state index in [0.29, 0.717) is 29.2 Å². The predicted molar refractivity (Wildman–Crippen MR) is 89.7 cm³/mol. The molecule has 3 N–H and O–H groups in total. The number of hydrogen-bond acceptors (Lipinski definition) is 4. The number of nitrogens with one attached hydrogen (secondary N) is 3. The fourth-order valence-electron chi connectivity index (χ4n) is 1.82. The van der Waals surface area contributed by atoms with Crippen molar-refractivity contribution in [3.05, 3.63) is 52.2 Å². The van der Waals surface area contributed by atoms with Crippen molar-refractivity contribution in [2.24, 2.45) is 0 Å². The number of carbonyl (C=O) groups is 3. The molecule has 2 aromatic rings. The molecule has 0 saturated carbocycles. The molecule has 1 heterocycles. The van der Waals surface area contributed by atoms with Gasteiger partial charge in [-0.05, 0) is 35.7 Å². The summed E-state index contributed by atoms with van der Waals surface area (Å²) in [4.78, 5) is 35.2. The highest BCUT2D eigenvalue weighted by Gasteiger charge is 2.08. The largest absolute Gasteiger partial charge is 0.355 e. The number of anilines is 1. The minimum atomic E-state index is -0.230. The SMILES string of the molecule is CC(=O)NCCNC(=O)c1ccc(NC(=O)c2cccs2)cc1. The van der Waals surface area contributed by atoms with Crippen LogP contribution < -0.4 is 16.0 Å². The normalized spacial score (nSPS) is 9.96. The van der Waals surface area contributed by atoms with Gasteiger partial charge in [-0.25, -0.2) is 0 Å². The predicted octanol–water partition coefficient (Wildman–Crippen LogP) is 1.87. The van der Waals surface area contributed by atoms with Crippen molar-refractivity contribution >= 4 is 34.7 Å². The van der Waals surface area contributed by atoms with E-state index in [1.54, 1.807) is 30.3 Å². The Morgan fingerprint density at radius 2 is 1.65 bits per heavy atom. The summed E-state index contributed by atoms with van der Waals surface area (Å²) in [6.07, 6.45) is 0. The van der Waals surface area contributed by atoms with Gasteiger partial charge in [0, 0.05) is 31.3 Å². The van der Waals surface area contributed by atoms with Crippen LogP contribution in [-0.2, 0) is 4.79 Å². The van der Waals surface area contributed by atoms with Gasteiger partial charge in [0.05, 0.1) is 4.88 Å². The van der Waals surface area contributed by atoms with Crippen LogP contribution in [0, 0.1) is 0 Å². The Kier molecular flexibility index (Phi) is 5.87. The smallest absolute Gasteiger partial charge is 0.265 e. The van der Waals surface area contributed by atoms with Gasteiger partial charge < -0.3 is 16.0 Å². The highest BCUT2D eigenvalue weighted by molar-refractivity contribution is 7.12. The quantitative estimate of drug-likeness (QED) is 0.706. The van der Waals surface area contributed by atoms with Gasteiger partial charge in [-0.3, -0.25) is 14.4 Å². The van der Waals surface area contributed by atoms with Gasteiger partial charge in [0.15, 0.2) is 0 Å². The summed E-state index contributed by atoms with van der Waals surface area (Å²) in [5.41, 5.74) is 1.11. The lowest BCUT2D eigenvalue weighted by Crippen LogP contribution is -2.33. The lowest BCUT2D eigenvalue weighted by atomic mass is 10.2.